The number of halogens is 1. The van der Waals surface area contributed by atoms with Crippen LogP contribution in [0.4, 0.5) is 4.39 Å². The number of piperazine rings is 1. The lowest BCUT2D eigenvalue weighted by atomic mass is 9.98. The van der Waals surface area contributed by atoms with E-state index in [1.54, 1.807) is 4.68 Å². The average Bonchev–Trinajstić information content (AvgIpc) is 3.51. The number of amides is 1. The van der Waals surface area contributed by atoms with Gasteiger partial charge < -0.3 is 4.90 Å². The second-order valence-corrected chi connectivity index (χ2v) is 8.62. The summed E-state index contributed by atoms with van der Waals surface area (Å²) in [5, 5.41) is 20.4. The lowest BCUT2D eigenvalue weighted by Gasteiger charge is -2.36. The Kier molecular flexibility index (Phi) is 5.84. The minimum Gasteiger partial charge on any atom is -0.340 e. The van der Waals surface area contributed by atoms with E-state index in [9.17, 15) is 14.4 Å². The van der Waals surface area contributed by atoms with Crippen molar-refractivity contribution in [2.24, 2.45) is 0 Å². The van der Waals surface area contributed by atoms with Crippen molar-refractivity contribution in [1.29, 1.82) is 5.26 Å². The van der Waals surface area contributed by atoms with Gasteiger partial charge in [-0.1, -0.05) is 18.2 Å². The number of nitriles is 1. The lowest BCUT2D eigenvalue weighted by molar-refractivity contribution is -0.132. The monoisotopic (exact) mass is 445 g/mol. The number of aromatic nitrogens is 4. The van der Waals surface area contributed by atoms with E-state index in [1.807, 2.05) is 41.3 Å². The molecule has 1 aliphatic heterocycles. The second-order valence-electron chi connectivity index (χ2n) is 8.62. The van der Waals surface area contributed by atoms with E-state index in [2.05, 4.69) is 20.4 Å². The molecule has 2 heterocycles. The van der Waals surface area contributed by atoms with Gasteiger partial charge in [0.05, 0.1) is 17.7 Å². The number of hydrogen-bond acceptors (Lipinski definition) is 6. The van der Waals surface area contributed by atoms with Gasteiger partial charge in [-0.15, -0.1) is 5.10 Å². The fourth-order valence-electron chi connectivity index (χ4n) is 4.90. The second kappa shape index (κ2) is 9.08. The molecule has 1 saturated heterocycles. The maximum atomic E-state index is 13.9. The number of tetrazole rings is 1. The molecular formula is C24H24FN7O. The number of carbonyl (C=O) groups excluding carboxylic acids is 1. The maximum absolute atomic E-state index is 13.9. The highest BCUT2D eigenvalue weighted by molar-refractivity contribution is 5.79. The summed E-state index contributed by atoms with van der Waals surface area (Å²) in [6.45, 7) is 3.93. The van der Waals surface area contributed by atoms with Gasteiger partial charge in [0, 0.05) is 32.7 Å². The van der Waals surface area contributed by atoms with E-state index in [4.69, 9.17) is 0 Å². The third kappa shape index (κ3) is 4.34. The van der Waals surface area contributed by atoms with Gasteiger partial charge in [0.2, 0.25) is 5.91 Å². The molecule has 1 amide bonds. The predicted molar refractivity (Wildman–Crippen MR) is 118 cm³/mol. The van der Waals surface area contributed by atoms with Gasteiger partial charge in [-0.25, -0.2) is 9.07 Å². The molecule has 1 aromatic heterocycles. The van der Waals surface area contributed by atoms with Crippen LogP contribution in [0.5, 0.6) is 0 Å². The van der Waals surface area contributed by atoms with E-state index in [1.165, 1.54) is 12.4 Å². The van der Waals surface area contributed by atoms with Gasteiger partial charge >= 0.3 is 0 Å². The van der Waals surface area contributed by atoms with E-state index in [-0.39, 0.29) is 11.5 Å². The van der Waals surface area contributed by atoms with Gasteiger partial charge in [-0.2, -0.15) is 5.26 Å². The zero-order valence-corrected chi connectivity index (χ0v) is 18.2. The van der Waals surface area contributed by atoms with Crippen molar-refractivity contribution in [3.8, 4) is 11.8 Å². The van der Waals surface area contributed by atoms with Crippen molar-refractivity contribution in [3.63, 3.8) is 0 Å². The molecule has 5 rings (SSSR count). The fraction of sp³-hybridized carbons (Fsp3) is 0.375. The highest BCUT2D eigenvalue weighted by atomic mass is 19.1. The quantitative estimate of drug-likeness (QED) is 0.597. The van der Waals surface area contributed by atoms with Crippen LogP contribution in [0, 0.1) is 17.1 Å². The first kappa shape index (κ1) is 21.2. The van der Waals surface area contributed by atoms with Crippen LogP contribution in [-0.2, 0) is 17.6 Å². The zero-order valence-electron chi connectivity index (χ0n) is 18.2. The Labute approximate surface area is 191 Å². The highest BCUT2D eigenvalue weighted by Crippen LogP contribution is 2.36. The average molecular weight is 446 g/mol. The molecule has 2 aliphatic rings. The number of fused-ring (bicyclic) bond motifs is 1. The molecule has 0 radical (unpaired) electrons. The van der Waals surface area contributed by atoms with Gasteiger partial charge in [0.15, 0.2) is 0 Å². The number of carbonyl (C=O) groups is 1. The standard InChI is InChI=1S/C24H24FN7O/c25-23-8-7-20-18(3-6-21(20)22(23)14-26)15-30-9-11-31(12-10-30)24(33)13-17-1-4-19(5-2-17)32-16-27-28-29-32/h1-2,4-5,7-8,16,18H,3,6,9-13,15H2. The number of rotatable bonds is 5. The van der Waals surface area contributed by atoms with Crippen molar-refractivity contribution in [2.75, 3.05) is 32.7 Å². The van der Waals surface area contributed by atoms with Crippen molar-refractivity contribution in [2.45, 2.75) is 25.2 Å². The zero-order chi connectivity index (χ0) is 22.8. The van der Waals surface area contributed by atoms with Crippen LogP contribution in [0.15, 0.2) is 42.7 Å². The molecule has 9 heteroatoms. The topological polar surface area (TPSA) is 90.9 Å². The molecule has 0 bridgehead atoms. The summed E-state index contributed by atoms with van der Waals surface area (Å²) < 4.78 is 15.5. The Morgan fingerprint density at radius 1 is 1.12 bits per heavy atom. The third-order valence-electron chi connectivity index (χ3n) is 6.70. The molecular weight excluding hydrogens is 421 g/mol. The SMILES string of the molecule is N#Cc1c(F)ccc2c1CCC2CN1CCN(C(=O)Cc2ccc(-n3cnnn3)cc2)CC1. The Hall–Kier alpha value is -3.64. The normalized spacial score (nSPS) is 18.2. The van der Waals surface area contributed by atoms with Crippen LogP contribution in [0.3, 0.4) is 0 Å². The van der Waals surface area contributed by atoms with Gasteiger partial charge in [0.25, 0.3) is 0 Å². The van der Waals surface area contributed by atoms with Crippen molar-refractivity contribution in [3.05, 3.63) is 70.8 Å². The van der Waals surface area contributed by atoms with E-state index in [0.29, 0.717) is 25.4 Å². The van der Waals surface area contributed by atoms with E-state index < -0.39 is 5.82 Å². The van der Waals surface area contributed by atoms with Crippen molar-refractivity contribution >= 4 is 5.91 Å². The highest BCUT2D eigenvalue weighted by Gasteiger charge is 2.29. The molecule has 1 fully saturated rings. The van der Waals surface area contributed by atoms with Crippen LogP contribution in [0.25, 0.3) is 5.69 Å². The molecule has 8 nitrogen and oxygen atoms in total. The molecule has 168 valence electrons. The summed E-state index contributed by atoms with van der Waals surface area (Å²) in [6.07, 6.45) is 3.59. The number of benzene rings is 2. The first-order valence-corrected chi connectivity index (χ1v) is 11.2. The Balaban J connectivity index is 1.14. The Morgan fingerprint density at radius 2 is 1.91 bits per heavy atom. The maximum Gasteiger partial charge on any atom is 0.227 e. The molecule has 2 aromatic carbocycles. The number of nitrogens with zero attached hydrogens (tertiary/aromatic N) is 7. The summed E-state index contributed by atoms with van der Waals surface area (Å²) in [6, 6.07) is 13.0. The lowest BCUT2D eigenvalue weighted by Crippen LogP contribution is -2.49. The number of hydrogen-bond donors (Lipinski definition) is 0. The smallest absolute Gasteiger partial charge is 0.227 e. The van der Waals surface area contributed by atoms with Crippen LogP contribution in [0.1, 0.15) is 34.6 Å². The molecule has 33 heavy (non-hydrogen) atoms. The van der Waals surface area contributed by atoms with Crippen LogP contribution in [-0.4, -0.2) is 68.6 Å². The molecule has 0 spiro atoms. The van der Waals surface area contributed by atoms with E-state index >= 15 is 0 Å². The van der Waals surface area contributed by atoms with Gasteiger partial charge in [0.1, 0.15) is 18.2 Å². The minimum absolute atomic E-state index is 0.130. The van der Waals surface area contributed by atoms with E-state index in [0.717, 1.165) is 54.9 Å². The molecule has 3 aromatic rings. The van der Waals surface area contributed by atoms with Crippen LogP contribution >= 0.6 is 0 Å². The largest absolute Gasteiger partial charge is 0.340 e. The van der Waals surface area contributed by atoms with Crippen LogP contribution in [0.2, 0.25) is 0 Å². The first-order chi connectivity index (χ1) is 16.1. The van der Waals surface area contributed by atoms with Gasteiger partial charge in [-0.05, 0) is 64.1 Å². The summed E-state index contributed by atoms with van der Waals surface area (Å²) in [5.74, 6) is 0.0212. The first-order valence-electron chi connectivity index (χ1n) is 11.2. The Bertz CT molecular complexity index is 1180. The Morgan fingerprint density at radius 3 is 2.61 bits per heavy atom. The molecule has 1 aliphatic carbocycles. The summed E-state index contributed by atoms with van der Waals surface area (Å²) in [7, 11) is 0. The molecule has 0 N–H and O–H groups in total. The summed E-state index contributed by atoms with van der Waals surface area (Å²) >= 11 is 0. The van der Waals surface area contributed by atoms with Crippen molar-refractivity contribution in [1.82, 2.24) is 30.0 Å². The minimum atomic E-state index is -0.422. The molecule has 1 atom stereocenters. The van der Waals surface area contributed by atoms with Crippen LogP contribution < -0.4 is 0 Å². The summed E-state index contributed by atoms with van der Waals surface area (Å²) in [4.78, 5) is 17.1. The molecule has 1 unspecified atom stereocenters. The van der Waals surface area contributed by atoms with Crippen molar-refractivity contribution < 1.29 is 9.18 Å². The molecule has 0 saturated carbocycles. The third-order valence-corrected chi connectivity index (χ3v) is 6.70. The van der Waals surface area contributed by atoms with Gasteiger partial charge in [-0.3, -0.25) is 9.69 Å². The summed E-state index contributed by atoms with van der Waals surface area (Å²) in [5.41, 5.74) is 4.00. The fourth-order valence-corrected chi connectivity index (χ4v) is 4.90. The predicted octanol–water partition coefficient (Wildman–Crippen LogP) is 2.09.